The third-order valence-electron chi connectivity index (χ3n) is 1.83. The van der Waals surface area contributed by atoms with E-state index in [1.165, 1.54) is 0 Å². The molecule has 0 spiro atoms. The van der Waals surface area contributed by atoms with Gasteiger partial charge in [-0.05, 0) is 13.3 Å². The minimum absolute atomic E-state index is 0.00766. The van der Waals surface area contributed by atoms with Crippen LogP contribution in [0.2, 0.25) is 0 Å². The standard InChI is InChI=1S/C9H20N4O2/c1-3-4-11-9(14)6-12-7(2)5-8(10)13-15/h7,12,15H,3-6H2,1-2H3,(H2,10,13)(H,11,14). The molecule has 0 saturated heterocycles. The van der Waals surface area contributed by atoms with Gasteiger partial charge in [-0.25, -0.2) is 0 Å². The summed E-state index contributed by atoms with van der Waals surface area (Å²) in [6, 6.07) is 0.00766. The van der Waals surface area contributed by atoms with Crippen molar-refractivity contribution in [1.82, 2.24) is 10.6 Å². The van der Waals surface area contributed by atoms with Crippen molar-refractivity contribution in [2.75, 3.05) is 13.1 Å². The summed E-state index contributed by atoms with van der Waals surface area (Å²) in [5.74, 6) is 0.118. The van der Waals surface area contributed by atoms with Crippen LogP contribution in [0.4, 0.5) is 0 Å². The number of hydrogen-bond donors (Lipinski definition) is 4. The first kappa shape index (κ1) is 13.7. The summed E-state index contributed by atoms with van der Waals surface area (Å²) in [6.45, 7) is 4.80. The summed E-state index contributed by atoms with van der Waals surface area (Å²) in [7, 11) is 0. The summed E-state index contributed by atoms with van der Waals surface area (Å²) in [5, 5.41) is 16.9. The summed E-state index contributed by atoms with van der Waals surface area (Å²) in [6.07, 6.45) is 1.34. The second-order valence-electron chi connectivity index (χ2n) is 3.43. The van der Waals surface area contributed by atoms with Crippen molar-refractivity contribution >= 4 is 11.7 Å². The SMILES string of the molecule is CCCNC(=O)CNC(C)CC(N)=NO. The van der Waals surface area contributed by atoms with E-state index in [-0.39, 0.29) is 24.3 Å². The molecule has 5 N–H and O–H groups in total. The normalized spacial score (nSPS) is 13.6. The number of nitrogens with two attached hydrogens (primary N) is 1. The topological polar surface area (TPSA) is 99.7 Å². The Labute approximate surface area is 89.9 Å². The minimum atomic E-state index is -0.0387. The first-order chi connectivity index (χ1) is 7.10. The number of carbonyl (C=O) groups excluding carboxylic acids is 1. The van der Waals surface area contributed by atoms with Crippen molar-refractivity contribution < 1.29 is 10.0 Å². The van der Waals surface area contributed by atoms with Gasteiger partial charge >= 0.3 is 0 Å². The smallest absolute Gasteiger partial charge is 0.233 e. The third kappa shape index (κ3) is 7.75. The van der Waals surface area contributed by atoms with Gasteiger partial charge in [0.05, 0.1) is 6.54 Å². The molecule has 0 aromatic heterocycles. The van der Waals surface area contributed by atoms with E-state index >= 15 is 0 Å². The van der Waals surface area contributed by atoms with E-state index in [2.05, 4.69) is 15.8 Å². The van der Waals surface area contributed by atoms with E-state index in [1.807, 2.05) is 13.8 Å². The number of nitrogens with zero attached hydrogens (tertiary/aromatic N) is 1. The van der Waals surface area contributed by atoms with Crippen LogP contribution in [0, 0.1) is 0 Å². The molecule has 1 amide bonds. The summed E-state index contributed by atoms with van der Waals surface area (Å²) in [4.78, 5) is 11.2. The molecular weight excluding hydrogens is 196 g/mol. The highest BCUT2D eigenvalue weighted by atomic mass is 16.4. The second kappa shape index (κ2) is 8.05. The van der Waals surface area contributed by atoms with Crippen molar-refractivity contribution in [2.45, 2.75) is 32.7 Å². The van der Waals surface area contributed by atoms with Gasteiger partial charge in [0.1, 0.15) is 5.84 Å². The summed E-state index contributed by atoms with van der Waals surface area (Å²) in [5.41, 5.74) is 5.32. The molecule has 0 aromatic carbocycles. The fourth-order valence-electron chi connectivity index (χ4n) is 1.02. The Morgan fingerprint density at radius 1 is 1.60 bits per heavy atom. The lowest BCUT2D eigenvalue weighted by molar-refractivity contribution is -0.120. The Hall–Kier alpha value is -1.30. The van der Waals surface area contributed by atoms with Crippen molar-refractivity contribution in [3.63, 3.8) is 0 Å². The van der Waals surface area contributed by atoms with Crippen molar-refractivity contribution in [3.05, 3.63) is 0 Å². The van der Waals surface area contributed by atoms with E-state index in [4.69, 9.17) is 10.9 Å². The predicted molar refractivity (Wildman–Crippen MR) is 58.8 cm³/mol. The average Bonchev–Trinajstić information content (AvgIpc) is 2.23. The maximum Gasteiger partial charge on any atom is 0.233 e. The first-order valence-corrected chi connectivity index (χ1v) is 5.06. The quantitative estimate of drug-likeness (QED) is 0.202. The van der Waals surface area contributed by atoms with Crippen LogP contribution in [0.25, 0.3) is 0 Å². The minimum Gasteiger partial charge on any atom is -0.409 e. The molecule has 15 heavy (non-hydrogen) atoms. The number of nitrogens with one attached hydrogen (secondary N) is 2. The van der Waals surface area contributed by atoms with E-state index in [1.54, 1.807) is 0 Å². The molecule has 0 aromatic rings. The number of carbonyl (C=O) groups is 1. The van der Waals surface area contributed by atoms with Crippen molar-refractivity contribution in [3.8, 4) is 0 Å². The number of rotatable bonds is 7. The number of amides is 1. The molecule has 88 valence electrons. The number of oxime groups is 1. The van der Waals surface area contributed by atoms with Crippen LogP contribution in [-0.4, -0.2) is 36.1 Å². The molecule has 0 fully saturated rings. The van der Waals surface area contributed by atoms with Crippen LogP contribution >= 0.6 is 0 Å². The van der Waals surface area contributed by atoms with Gasteiger partial charge in [0.25, 0.3) is 0 Å². The molecule has 6 nitrogen and oxygen atoms in total. The molecule has 0 bridgehead atoms. The Bertz CT molecular complexity index is 218. The zero-order valence-electron chi connectivity index (χ0n) is 9.29. The van der Waals surface area contributed by atoms with Crippen LogP contribution in [0.1, 0.15) is 26.7 Å². The van der Waals surface area contributed by atoms with Gasteiger partial charge in [-0.3, -0.25) is 4.79 Å². The molecule has 1 atom stereocenters. The maximum absolute atomic E-state index is 11.2. The predicted octanol–water partition coefficient (Wildman–Crippen LogP) is -0.373. The van der Waals surface area contributed by atoms with E-state index in [0.29, 0.717) is 13.0 Å². The molecule has 0 saturated carbocycles. The molecule has 0 aliphatic carbocycles. The monoisotopic (exact) mass is 216 g/mol. The van der Waals surface area contributed by atoms with Gasteiger partial charge in [-0.1, -0.05) is 12.1 Å². The Morgan fingerprint density at radius 2 is 2.27 bits per heavy atom. The largest absolute Gasteiger partial charge is 0.409 e. The Kier molecular flexibility index (Phi) is 7.35. The van der Waals surface area contributed by atoms with Gasteiger partial charge in [0.2, 0.25) is 5.91 Å². The average molecular weight is 216 g/mol. The highest BCUT2D eigenvalue weighted by Gasteiger charge is 2.06. The fourth-order valence-corrected chi connectivity index (χ4v) is 1.02. The Balaban J connectivity index is 3.61. The van der Waals surface area contributed by atoms with E-state index < -0.39 is 0 Å². The molecule has 0 aliphatic heterocycles. The third-order valence-corrected chi connectivity index (χ3v) is 1.83. The fraction of sp³-hybridized carbons (Fsp3) is 0.778. The van der Waals surface area contributed by atoms with Crippen LogP contribution in [-0.2, 0) is 4.79 Å². The molecular formula is C9H20N4O2. The first-order valence-electron chi connectivity index (χ1n) is 5.06. The summed E-state index contributed by atoms with van der Waals surface area (Å²) >= 11 is 0. The van der Waals surface area contributed by atoms with Crippen LogP contribution in [0.3, 0.4) is 0 Å². The highest BCUT2D eigenvalue weighted by Crippen LogP contribution is 1.89. The van der Waals surface area contributed by atoms with Crippen LogP contribution in [0.15, 0.2) is 5.16 Å². The lowest BCUT2D eigenvalue weighted by Gasteiger charge is -2.12. The zero-order chi connectivity index (χ0) is 11.7. The number of amidine groups is 1. The van der Waals surface area contributed by atoms with E-state index in [9.17, 15) is 4.79 Å². The molecule has 6 heteroatoms. The lowest BCUT2D eigenvalue weighted by Crippen LogP contribution is -2.39. The van der Waals surface area contributed by atoms with Crippen LogP contribution < -0.4 is 16.4 Å². The molecule has 0 heterocycles. The molecule has 1 unspecified atom stereocenters. The second-order valence-corrected chi connectivity index (χ2v) is 3.43. The van der Waals surface area contributed by atoms with Gasteiger partial charge in [0.15, 0.2) is 0 Å². The Morgan fingerprint density at radius 3 is 2.80 bits per heavy atom. The summed E-state index contributed by atoms with van der Waals surface area (Å²) < 4.78 is 0. The molecule has 0 aliphatic rings. The van der Waals surface area contributed by atoms with Crippen molar-refractivity contribution in [2.24, 2.45) is 10.9 Å². The maximum atomic E-state index is 11.2. The van der Waals surface area contributed by atoms with Crippen LogP contribution in [0.5, 0.6) is 0 Å². The molecule has 0 rings (SSSR count). The van der Waals surface area contributed by atoms with E-state index in [0.717, 1.165) is 6.42 Å². The van der Waals surface area contributed by atoms with Gasteiger partial charge in [0, 0.05) is 19.0 Å². The van der Waals surface area contributed by atoms with Gasteiger partial charge in [-0.15, -0.1) is 0 Å². The molecule has 0 radical (unpaired) electrons. The van der Waals surface area contributed by atoms with Crippen molar-refractivity contribution in [1.29, 1.82) is 0 Å². The zero-order valence-corrected chi connectivity index (χ0v) is 9.29. The lowest BCUT2D eigenvalue weighted by atomic mass is 10.2. The number of hydrogen-bond acceptors (Lipinski definition) is 4. The highest BCUT2D eigenvalue weighted by molar-refractivity contribution is 5.80. The van der Waals surface area contributed by atoms with Gasteiger partial charge in [-0.2, -0.15) is 0 Å². The van der Waals surface area contributed by atoms with Gasteiger partial charge < -0.3 is 21.6 Å².